The lowest BCUT2D eigenvalue weighted by Crippen LogP contribution is -1.70. The third-order valence-corrected chi connectivity index (χ3v) is 0.687. The monoisotopic (exact) mass is 87.1 g/mol. The van der Waals surface area contributed by atoms with Gasteiger partial charge in [0.1, 0.15) is 0 Å². The van der Waals surface area contributed by atoms with Crippen molar-refractivity contribution in [3.05, 3.63) is 6.61 Å². The molecule has 6 heavy (non-hydrogen) atoms. The third kappa shape index (κ3) is 3.96. The minimum atomic E-state index is 0.844. The first-order valence-electron chi connectivity index (χ1n) is 2.37. The normalized spacial score (nSPS) is 9.00. The van der Waals surface area contributed by atoms with Crippen LogP contribution in [0.5, 0.6) is 0 Å². The second-order valence-corrected chi connectivity index (χ2v) is 1.32. The highest BCUT2D eigenvalue weighted by Gasteiger charge is 1.77. The van der Waals surface area contributed by atoms with Crippen LogP contribution in [0.4, 0.5) is 0 Å². The van der Waals surface area contributed by atoms with E-state index in [1.54, 1.807) is 0 Å². The van der Waals surface area contributed by atoms with Crippen LogP contribution in [0.1, 0.15) is 26.2 Å². The van der Waals surface area contributed by atoms with E-state index in [9.17, 15) is 0 Å². The number of hydrogen-bond donors (Lipinski definition) is 1. The van der Waals surface area contributed by atoms with Gasteiger partial charge in [0.25, 0.3) is 0 Å². The van der Waals surface area contributed by atoms with Crippen molar-refractivity contribution in [1.29, 1.82) is 0 Å². The van der Waals surface area contributed by atoms with E-state index in [1.165, 1.54) is 6.61 Å². The molecule has 0 aliphatic heterocycles. The Hall–Kier alpha value is -0.0400. The number of hydrogen-bond acceptors (Lipinski definition) is 1. The molecule has 0 bridgehead atoms. The standard InChI is InChI=1S/C5H11O/c1-2-3-4-5-6/h5-6H,2-4H2,1H3. The zero-order valence-electron chi connectivity index (χ0n) is 4.15. The average molecular weight is 87.1 g/mol. The first-order valence-corrected chi connectivity index (χ1v) is 2.37. The predicted octanol–water partition coefficient (Wildman–Crippen LogP) is 1.71. The molecule has 1 nitrogen and oxygen atoms in total. The Kier molecular flexibility index (Phi) is 4.93. The molecule has 0 aromatic heterocycles. The third-order valence-electron chi connectivity index (χ3n) is 0.687. The lowest BCUT2D eigenvalue weighted by molar-refractivity contribution is 0.369. The van der Waals surface area contributed by atoms with Gasteiger partial charge in [0.05, 0.1) is 6.61 Å². The molecule has 0 saturated heterocycles. The smallest absolute Gasteiger partial charge is 0.0799 e. The van der Waals surface area contributed by atoms with Crippen LogP contribution in [0.3, 0.4) is 0 Å². The van der Waals surface area contributed by atoms with Gasteiger partial charge >= 0.3 is 0 Å². The van der Waals surface area contributed by atoms with Crippen molar-refractivity contribution in [1.82, 2.24) is 0 Å². The second kappa shape index (κ2) is 4.96. The number of aliphatic hydroxyl groups is 1. The van der Waals surface area contributed by atoms with Crippen molar-refractivity contribution in [3.63, 3.8) is 0 Å². The Balaban J connectivity index is 2.34. The molecule has 1 radical (unpaired) electrons. The SMILES string of the molecule is CCCC[CH]O. The summed E-state index contributed by atoms with van der Waals surface area (Å²) in [4.78, 5) is 0. The number of rotatable bonds is 3. The topological polar surface area (TPSA) is 20.2 Å². The van der Waals surface area contributed by atoms with Crippen LogP contribution in [-0.4, -0.2) is 5.11 Å². The van der Waals surface area contributed by atoms with E-state index < -0.39 is 0 Å². The van der Waals surface area contributed by atoms with Gasteiger partial charge < -0.3 is 5.11 Å². The fraction of sp³-hybridized carbons (Fsp3) is 0.800. The van der Waals surface area contributed by atoms with E-state index in [-0.39, 0.29) is 0 Å². The zero-order chi connectivity index (χ0) is 4.83. The molecular formula is C5H11O. The fourth-order valence-electron chi connectivity index (χ4n) is 0.295. The van der Waals surface area contributed by atoms with Crippen molar-refractivity contribution in [3.8, 4) is 0 Å². The van der Waals surface area contributed by atoms with Crippen LogP contribution >= 0.6 is 0 Å². The Labute approximate surface area is 39.0 Å². The summed E-state index contributed by atoms with van der Waals surface area (Å²) >= 11 is 0. The summed E-state index contributed by atoms with van der Waals surface area (Å²) in [6, 6.07) is 0. The van der Waals surface area contributed by atoms with Gasteiger partial charge in [-0.3, -0.25) is 0 Å². The van der Waals surface area contributed by atoms with Crippen LogP contribution < -0.4 is 0 Å². The molecule has 0 atom stereocenters. The van der Waals surface area contributed by atoms with E-state index in [1.807, 2.05) is 0 Å². The maximum atomic E-state index is 8.07. The van der Waals surface area contributed by atoms with E-state index in [4.69, 9.17) is 5.11 Å². The highest BCUT2D eigenvalue weighted by Crippen LogP contribution is 1.92. The van der Waals surface area contributed by atoms with Gasteiger partial charge in [-0.2, -0.15) is 0 Å². The van der Waals surface area contributed by atoms with E-state index in [0.717, 1.165) is 19.3 Å². The minimum absolute atomic E-state index is 0.844. The van der Waals surface area contributed by atoms with Gasteiger partial charge in [0, 0.05) is 0 Å². The summed E-state index contributed by atoms with van der Waals surface area (Å²) in [5.74, 6) is 0. The summed E-state index contributed by atoms with van der Waals surface area (Å²) in [6.07, 6.45) is 3.12. The zero-order valence-corrected chi connectivity index (χ0v) is 4.15. The van der Waals surface area contributed by atoms with Crippen LogP contribution in [0.15, 0.2) is 0 Å². The van der Waals surface area contributed by atoms with Crippen molar-refractivity contribution in [2.24, 2.45) is 0 Å². The van der Waals surface area contributed by atoms with E-state index in [0.29, 0.717) is 0 Å². The lowest BCUT2D eigenvalue weighted by atomic mass is 10.3. The summed E-state index contributed by atoms with van der Waals surface area (Å²) in [6.45, 7) is 3.31. The molecule has 0 rings (SSSR count). The molecule has 0 aliphatic carbocycles. The number of aliphatic hydroxyl groups excluding tert-OH is 1. The minimum Gasteiger partial charge on any atom is -0.390 e. The molecule has 0 spiro atoms. The summed E-state index contributed by atoms with van der Waals surface area (Å²) in [5.41, 5.74) is 0. The summed E-state index contributed by atoms with van der Waals surface area (Å²) < 4.78 is 0. The molecule has 37 valence electrons. The molecule has 0 amide bonds. The van der Waals surface area contributed by atoms with Crippen molar-refractivity contribution < 1.29 is 5.11 Å². The van der Waals surface area contributed by atoms with Gasteiger partial charge in [-0.25, -0.2) is 0 Å². The highest BCUT2D eigenvalue weighted by molar-refractivity contribution is 4.43. The quantitative estimate of drug-likeness (QED) is 0.519. The Morgan fingerprint density at radius 3 is 2.50 bits per heavy atom. The molecule has 0 heterocycles. The van der Waals surface area contributed by atoms with Gasteiger partial charge in [0.15, 0.2) is 0 Å². The maximum Gasteiger partial charge on any atom is 0.0799 e. The Morgan fingerprint density at radius 2 is 2.33 bits per heavy atom. The lowest BCUT2D eigenvalue weighted by Gasteiger charge is -1.85. The van der Waals surface area contributed by atoms with Gasteiger partial charge in [-0.15, -0.1) is 0 Å². The Morgan fingerprint density at radius 1 is 1.67 bits per heavy atom. The maximum absolute atomic E-state index is 8.07. The van der Waals surface area contributed by atoms with Crippen molar-refractivity contribution in [2.45, 2.75) is 26.2 Å². The molecule has 0 saturated carbocycles. The number of unbranched alkanes of at least 4 members (excludes halogenated alkanes) is 2. The van der Waals surface area contributed by atoms with E-state index >= 15 is 0 Å². The average Bonchev–Trinajstić information content (AvgIpc) is 1.61. The first-order chi connectivity index (χ1) is 2.91. The summed E-state index contributed by atoms with van der Waals surface area (Å²) in [7, 11) is 0. The second-order valence-electron chi connectivity index (χ2n) is 1.32. The van der Waals surface area contributed by atoms with Crippen LogP contribution in [0, 0.1) is 6.61 Å². The first kappa shape index (κ1) is 5.96. The molecule has 0 fully saturated rings. The molecule has 0 aliphatic rings. The van der Waals surface area contributed by atoms with Crippen LogP contribution in [-0.2, 0) is 0 Å². The van der Waals surface area contributed by atoms with Crippen molar-refractivity contribution >= 4 is 0 Å². The molecular weight excluding hydrogens is 76.1 g/mol. The van der Waals surface area contributed by atoms with E-state index in [2.05, 4.69) is 6.92 Å². The molecule has 0 aromatic carbocycles. The largest absolute Gasteiger partial charge is 0.390 e. The van der Waals surface area contributed by atoms with Gasteiger partial charge in [-0.1, -0.05) is 19.8 Å². The van der Waals surface area contributed by atoms with Crippen LogP contribution in [0.25, 0.3) is 0 Å². The molecule has 1 heteroatoms. The van der Waals surface area contributed by atoms with Gasteiger partial charge in [-0.05, 0) is 6.42 Å². The highest BCUT2D eigenvalue weighted by atomic mass is 16.2. The predicted molar refractivity (Wildman–Crippen MR) is 25.8 cm³/mol. The Bertz CT molecular complexity index is 15.9. The van der Waals surface area contributed by atoms with Crippen LogP contribution in [0.2, 0.25) is 0 Å². The van der Waals surface area contributed by atoms with Crippen molar-refractivity contribution in [2.75, 3.05) is 0 Å². The summed E-state index contributed by atoms with van der Waals surface area (Å²) in [5, 5.41) is 8.07. The molecule has 0 unspecified atom stereocenters. The molecule has 1 N–H and O–H groups in total. The molecule has 0 aromatic rings. The fourth-order valence-corrected chi connectivity index (χ4v) is 0.295. The van der Waals surface area contributed by atoms with Gasteiger partial charge in [0.2, 0.25) is 0 Å².